The lowest BCUT2D eigenvalue weighted by Gasteiger charge is -2.18. The van der Waals surface area contributed by atoms with Crippen molar-refractivity contribution in [1.29, 1.82) is 0 Å². The fourth-order valence-electron chi connectivity index (χ4n) is 1.30. The summed E-state index contributed by atoms with van der Waals surface area (Å²) in [5.74, 6) is 1.37. The first-order valence-electron chi connectivity index (χ1n) is 4.77. The van der Waals surface area contributed by atoms with E-state index in [4.69, 9.17) is 20.9 Å². The van der Waals surface area contributed by atoms with Crippen LogP contribution in [0, 0.1) is 0 Å². The minimum Gasteiger partial charge on any atom is -0.486 e. The van der Waals surface area contributed by atoms with E-state index in [-0.39, 0.29) is 5.96 Å². The van der Waals surface area contributed by atoms with Crippen LogP contribution in [-0.4, -0.2) is 25.4 Å². The molecule has 6 heteroatoms. The van der Waals surface area contributed by atoms with Gasteiger partial charge < -0.3 is 20.9 Å². The van der Waals surface area contributed by atoms with E-state index in [1.54, 1.807) is 0 Å². The van der Waals surface area contributed by atoms with Gasteiger partial charge in [-0.05, 0) is 23.8 Å². The van der Waals surface area contributed by atoms with Gasteiger partial charge in [-0.25, -0.2) is 0 Å². The quantitative estimate of drug-likeness (QED) is 0.418. The van der Waals surface area contributed by atoms with Crippen molar-refractivity contribution in [3.63, 3.8) is 0 Å². The van der Waals surface area contributed by atoms with Crippen LogP contribution in [0.3, 0.4) is 0 Å². The molecule has 6 nitrogen and oxygen atoms in total. The lowest BCUT2D eigenvalue weighted by Crippen LogP contribution is -2.21. The Morgan fingerprint density at radius 3 is 2.69 bits per heavy atom. The van der Waals surface area contributed by atoms with Crippen molar-refractivity contribution < 1.29 is 9.47 Å². The molecule has 0 saturated carbocycles. The second-order valence-electron chi connectivity index (χ2n) is 3.17. The van der Waals surface area contributed by atoms with Crippen molar-refractivity contribution in [3.8, 4) is 11.5 Å². The number of nitrogens with zero attached hydrogens (tertiary/aromatic N) is 2. The molecule has 0 unspecified atom stereocenters. The Kier molecular flexibility index (Phi) is 2.90. The molecule has 0 aliphatic carbocycles. The standard InChI is InChI=1S/C10H12N4O2/c11-10(12)14-13-6-7-1-2-8-9(5-7)16-4-3-15-8/h1-2,5-6H,3-4H2,(H4,11,12,14)/b13-6-. The van der Waals surface area contributed by atoms with Crippen LogP contribution in [0.4, 0.5) is 0 Å². The first-order chi connectivity index (χ1) is 7.75. The van der Waals surface area contributed by atoms with Crippen LogP contribution >= 0.6 is 0 Å². The molecule has 2 rings (SSSR count). The molecule has 0 spiro atoms. The van der Waals surface area contributed by atoms with E-state index >= 15 is 0 Å². The number of ether oxygens (including phenoxy) is 2. The van der Waals surface area contributed by atoms with Gasteiger partial charge in [-0.15, -0.1) is 5.10 Å². The van der Waals surface area contributed by atoms with Crippen molar-refractivity contribution in [3.05, 3.63) is 23.8 Å². The molecule has 1 heterocycles. The zero-order valence-electron chi connectivity index (χ0n) is 8.59. The maximum Gasteiger partial charge on any atom is 0.211 e. The van der Waals surface area contributed by atoms with Gasteiger partial charge >= 0.3 is 0 Å². The van der Waals surface area contributed by atoms with E-state index in [0.717, 1.165) is 11.3 Å². The zero-order valence-corrected chi connectivity index (χ0v) is 8.59. The first-order valence-corrected chi connectivity index (χ1v) is 4.77. The number of guanidine groups is 1. The predicted molar refractivity (Wildman–Crippen MR) is 60.8 cm³/mol. The summed E-state index contributed by atoms with van der Waals surface area (Å²) in [5.41, 5.74) is 11.1. The molecule has 1 aliphatic rings. The first kappa shape index (κ1) is 10.3. The molecule has 84 valence electrons. The highest BCUT2D eigenvalue weighted by atomic mass is 16.6. The normalized spacial score (nSPS) is 13.8. The molecule has 0 aromatic heterocycles. The van der Waals surface area contributed by atoms with Gasteiger partial charge in [-0.3, -0.25) is 0 Å². The van der Waals surface area contributed by atoms with Crippen LogP contribution in [-0.2, 0) is 0 Å². The van der Waals surface area contributed by atoms with Crippen LogP contribution in [0.5, 0.6) is 11.5 Å². The summed E-state index contributed by atoms with van der Waals surface area (Å²) in [4.78, 5) is 0. The summed E-state index contributed by atoms with van der Waals surface area (Å²) >= 11 is 0. The summed E-state index contributed by atoms with van der Waals surface area (Å²) in [6, 6.07) is 5.49. The Morgan fingerprint density at radius 2 is 1.94 bits per heavy atom. The maximum atomic E-state index is 5.42. The molecule has 0 saturated heterocycles. The van der Waals surface area contributed by atoms with E-state index in [1.165, 1.54) is 6.21 Å². The van der Waals surface area contributed by atoms with Crippen molar-refractivity contribution in [1.82, 2.24) is 0 Å². The smallest absolute Gasteiger partial charge is 0.211 e. The summed E-state index contributed by atoms with van der Waals surface area (Å²) in [7, 11) is 0. The molecule has 0 atom stereocenters. The van der Waals surface area contributed by atoms with Gasteiger partial charge in [0.1, 0.15) is 13.2 Å². The third-order valence-electron chi connectivity index (χ3n) is 1.95. The Labute approximate surface area is 92.6 Å². The van der Waals surface area contributed by atoms with Crippen LogP contribution < -0.4 is 20.9 Å². The molecule has 4 N–H and O–H groups in total. The van der Waals surface area contributed by atoms with Gasteiger partial charge in [0.05, 0.1) is 6.21 Å². The molecule has 0 amide bonds. The van der Waals surface area contributed by atoms with Crippen LogP contribution in [0.15, 0.2) is 28.4 Å². The van der Waals surface area contributed by atoms with Crippen LogP contribution in [0.2, 0.25) is 0 Å². The minimum atomic E-state index is -0.0752. The lowest BCUT2D eigenvalue weighted by atomic mass is 10.2. The zero-order chi connectivity index (χ0) is 11.4. The highest BCUT2D eigenvalue weighted by molar-refractivity contribution is 5.82. The van der Waals surface area contributed by atoms with Crippen molar-refractivity contribution in [2.24, 2.45) is 21.7 Å². The molecule has 16 heavy (non-hydrogen) atoms. The van der Waals surface area contributed by atoms with Crippen LogP contribution in [0.1, 0.15) is 5.56 Å². The summed E-state index contributed by atoms with van der Waals surface area (Å²) < 4.78 is 10.8. The van der Waals surface area contributed by atoms with E-state index < -0.39 is 0 Å². The number of hydrogen-bond donors (Lipinski definition) is 2. The van der Waals surface area contributed by atoms with Gasteiger partial charge in [0.2, 0.25) is 5.96 Å². The molecule has 1 aromatic rings. The number of benzene rings is 1. The van der Waals surface area contributed by atoms with Gasteiger partial charge in [-0.2, -0.15) is 5.10 Å². The largest absolute Gasteiger partial charge is 0.486 e. The molecule has 0 bridgehead atoms. The Hall–Kier alpha value is -2.24. The molecular weight excluding hydrogens is 208 g/mol. The van der Waals surface area contributed by atoms with Crippen molar-refractivity contribution >= 4 is 12.2 Å². The fourth-order valence-corrected chi connectivity index (χ4v) is 1.30. The second-order valence-corrected chi connectivity index (χ2v) is 3.17. The molecular formula is C10H12N4O2. The summed E-state index contributed by atoms with van der Waals surface area (Å²) in [5, 5.41) is 7.21. The Balaban J connectivity index is 2.17. The molecule has 1 aliphatic heterocycles. The molecule has 0 fully saturated rings. The van der Waals surface area contributed by atoms with Gasteiger partial charge in [-0.1, -0.05) is 0 Å². The SMILES string of the molecule is NC(N)=N/N=C\c1ccc2c(c1)OCCO2. The average Bonchev–Trinajstić information content (AvgIpc) is 2.28. The van der Waals surface area contributed by atoms with E-state index in [9.17, 15) is 0 Å². The molecule has 1 aromatic carbocycles. The van der Waals surface area contributed by atoms with Gasteiger partial charge in [0.15, 0.2) is 11.5 Å². The monoisotopic (exact) mass is 220 g/mol. The topological polar surface area (TPSA) is 95.2 Å². The van der Waals surface area contributed by atoms with Crippen molar-refractivity contribution in [2.45, 2.75) is 0 Å². The van der Waals surface area contributed by atoms with E-state index in [0.29, 0.717) is 19.0 Å². The van der Waals surface area contributed by atoms with Crippen molar-refractivity contribution in [2.75, 3.05) is 13.2 Å². The van der Waals surface area contributed by atoms with Gasteiger partial charge in [0.25, 0.3) is 0 Å². The van der Waals surface area contributed by atoms with E-state index in [1.807, 2.05) is 18.2 Å². The van der Waals surface area contributed by atoms with E-state index in [2.05, 4.69) is 10.2 Å². The summed E-state index contributed by atoms with van der Waals surface area (Å²) in [6.07, 6.45) is 1.54. The minimum absolute atomic E-state index is 0.0752. The number of hydrogen-bond acceptors (Lipinski definition) is 4. The predicted octanol–water partition coefficient (Wildman–Crippen LogP) is 0.0651. The Bertz CT molecular complexity index is 438. The summed E-state index contributed by atoms with van der Waals surface area (Å²) in [6.45, 7) is 1.13. The third kappa shape index (κ3) is 2.41. The third-order valence-corrected chi connectivity index (χ3v) is 1.95. The number of nitrogens with two attached hydrogens (primary N) is 2. The van der Waals surface area contributed by atoms with Crippen LogP contribution in [0.25, 0.3) is 0 Å². The number of rotatable bonds is 2. The highest BCUT2D eigenvalue weighted by Crippen LogP contribution is 2.30. The second kappa shape index (κ2) is 4.52. The Morgan fingerprint density at radius 1 is 1.19 bits per heavy atom. The lowest BCUT2D eigenvalue weighted by molar-refractivity contribution is 0.171. The fraction of sp³-hybridized carbons (Fsp3) is 0.200. The van der Waals surface area contributed by atoms with Gasteiger partial charge in [0, 0.05) is 0 Å². The molecule has 0 radical (unpaired) electrons. The highest BCUT2D eigenvalue weighted by Gasteiger charge is 2.10. The maximum absolute atomic E-state index is 5.42. The average molecular weight is 220 g/mol. The number of fused-ring (bicyclic) bond motifs is 1.